The highest BCUT2D eigenvalue weighted by atomic mass is 35.5. The lowest BCUT2D eigenvalue weighted by atomic mass is 10.1. The molecule has 2 aromatic carbocycles. The number of aryl methyl sites for hydroxylation is 1. The molecule has 0 bridgehead atoms. The number of nitrogens with one attached hydrogen (secondary N) is 1. The maximum absolute atomic E-state index is 6.14. The number of ether oxygens (including phenoxy) is 1. The van der Waals surface area contributed by atoms with E-state index in [-0.39, 0.29) is 0 Å². The molecule has 0 saturated heterocycles. The third-order valence-corrected chi connectivity index (χ3v) is 3.99. The van der Waals surface area contributed by atoms with Gasteiger partial charge in [0.1, 0.15) is 11.5 Å². The van der Waals surface area contributed by atoms with Gasteiger partial charge >= 0.3 is 0 Å². The zero-order valence-electron chi connectivity index (χ0n) is 12.2. The van der Waals surface area contributed by atoms with Crippen LogP contribution in [0.25, 0.3) is 0 Å². The maximum Gasteiger partial charge on any atom is 0.132 e. The number of hydrogen-bond acceptors (Lipinski definition) is 2. The minimum atomic E-state index is 0.666. The second-order valence-corrected chi connectivity index (χ2v) is 5.91. The molecule has 0 amide bonds. The van der Waals surface area contributed by atoms with Crippen molar-refractivity contribution in [3.8, 4) is 11.5 Å². The first kappa shape index (κ1) is 14.4. The molecule has 3 heteroatoms. The van der Waals surface area contributed by atoms with Crippen LogP contribution >= 0.6 is 11.6 Å². The van der Waals surface area contributed by atoms with Gasteiger partial charge < -0.3 is 10.1 Å². The summed E-state index contributed by atoms with van der Waals surface area (Å²) in [6, 6.07) is 14.7. The van der Waals surface area contributed by atoms with E-state index in [4.69, 9.17) is 16.3 Å². The van der Waals surface area contributed by atoms with Crippen LogP contribution in [0, 0.1) is 0 Å². The molecule has 0 aliphatic heterocycles. The first-order valence-corrected chi connectivity index (χ1v) is 7.91. The van der Waals surface area contributed by atoms with Crippen molar-refractivity contribution in [3.05, 3.63) is 58.6 Å². The fourth-order valence-electron chi connectivity index (χ4n) is 2.34. The Morgan fingerprint density at radius 2 is 1.86 bits per heavy atom. The van der Waals surface area contributed by atoms with E-state index < -0.39 is 0 Å². The van der Waals surface area contributed by atoms with Crippen molar-refractivity contribution >= 4 is 11.6 Å². The predicted molar refractivity (Wildman–Crippen MR) is 87.2 cm³/mol. The second-order valence-electron chi connectivity index (χ2n) is 5.47. The lowest BCUT2D eigenvalue weighted by Gasteiger charge is -2.14. The molecule has 1 N–H and O–H groups in total. The summed E-state index contributed by atoms with van der Waals surface area (Å²) in [5, 5.41) is 4.27. The van der Waals surface area contributed by atoms with Crippen LogP contribution in [0.3, 0.4) is 0 Å². The molecule has 0 spiro atoms. The summed E-state index contributed by atoms with van der Waals surface area (Å²) in [6.45, 7) is 2.94. The van der Waals surface area contributed by atoms with Crippen LogP contribution in [-0.2, 0) is 13.0 Å². The van der Waals surface area contributed by atoms with E-state index in [0.29, 0.717) is 6.04 Å². The number of para-hydroxylation sites is 1. The van der Waals surface area contributed by atoms with Gasteiger partial charge in [0.25, 0.3) is 0 Å². The third kappa shape index (κ3) is 3.78. The van der Waals surface area contributed by atoms with Gasteiger partial charge in [0, 0.05) is 23.2 Å². The van der Waals surface area contributed by atoms with E-state index in [9.17, 15) is 0 Å². The maximum atomic E-state index is 6.14. The minimum absolute atomic E-state index is 0.666. The molecule has 2 nitrogen and oxygen atoms in total. The van der Waals surface area contributed by atoms with E-state index in [1.165, 1.54) is 18.4 Å². The van der Waals surface area contributed by atoms with Gasteiger partial charge in [-0.2, -0.15) is 0 Å². The topological polar surface area (TPSA) is 21.3 Å². The van der Waals surface area contributed by atoms with Crippen LogP contribution in [0.4, 0.5) is 0 Å². The monoisotopic (exact) mass is 301 g/mol. The summed E-state index contributed by atoms with van der Waals surface area (Å²) in [4.78, 5) is 0. The molecule has 0 unspecified atom stereocenters. The molecule has 110 valence electrons. The van der Waals surface area contributed by atoms with Crippen molar-refractivity contribution in [2.24, 2.45) is 0 Å². The average molecular weight is 302 g/mol. The van der Waals surface area contributed by atoms with Crippen molar-refractivity contribution in [3.63, 3.8) is 0 Å². The average Bonchev–Trinajstić information content (AvgIpc) is 3.32. The number of halogens is 1. The van der Waals surface area contributed by atoms with Crippen molar-refractivity contribution in [1.82, 2.24) is 5.32 Å². The van der Waals surface area contributed by atoms with E-state index in [2.05, 4.69) is 18.3 Å². The van der Waals surface area contributed by atoms with E-state index in [0.717, 1.165) is 35.1 Å². The van der Waals surface area contributed by atoms with Crippen molar-refractivity contribution in [2.45, 2.75) is 38.8 Å². The molecular formula is C18H20ClNO. The summed E-state index contributed by atoms with van der Waals surface area (Å²) in [5.41, 5.74) is 2.33. The van der Waals surface area contributed by atoms with Crippen LogP contribution in [-0.4, -0.2) is 6.04 Å². The quantitative estimate of drug-likeness (QED) is 0.815. The van der Waals surface area contributed by atoms with Crippen molar-refractivity contribution < 1.29 is 4.74 Å². The van der Waals surface area contributed by atoms with Crippen molar-refractivity contribution in [2.75, 3.05) is 0 Å². The van der Waals surface area contributed by atoms with E-state index in [1.54, 1.807) is 0 Å². The van der Waals surface area contributed by atoms with Gasteiger partial charge in [0.15, 0.2) is 0 Å². The van der Waals surface area contributed by atoms with E-state index >= 15 is 0 Å². The van der Waals surface area contributed by atoms with Crippen LogP contribution < -0.4 is 10.1 Å². The number of rotatable bonds is 6. The van der Waals surface area contributed by atoms with Crippen LogP contribution in [0.5, 0.6) is 11.5 Å². The first-order valence-electron chi connectivity index (χ1n) is 7.54. The molecule has 1 aliphatic carbocycles. The number of hydrogen-bond donors (Lipinski definition) is 1. The molecule has 0 heterocycles. The van der Waals surface area contributed by atoms with E-state index in [1.807, 2.05) is 36.4 Å². The molecule has 1 saturated carbocycles. The Morgan fingerprint density at radius 3 is 2.62 bits per heavy atom. The van der Waals surface area contributed by atoms with Gasteiger partial charge in [-0.1, -0.05) is 36.7 Å². The summed E-state index contributed by atoms with van der Waals surface area (Å²) in [6.07, 6.45) is 3.50. The summed E-state index contributed by atoms with van der Waals surface area (Å²) in [7, 11) is 0. The Kier molecular flexibility index (Phi) is 4.47. The second kappa shape index (κ2) is 6.50. The molecule has 0 aromatic heterocycles. The Balaban J connectivity index is 1.82. The molecule has 21 heavy (non-hydrogen) atoms. The van der Waals surface area contributed by atoms with Gasteiger partial charge in [0.05, 0.1) is 0 Å². The molecule has 0 radical (unpaired) electrons. The molecule has 0 atom stereocenters. The van der Waals surface area contributed by atoms with Crippen LogP contribution in [0.15, 0.2) is 42.5 Å². The largest absolute Gasteiger partial charge is 0.457 e. The zero-order valence-corrected chi connectivity index (χ0v) is 13.0. The lowest BCUT2D eigenvalue weighted by Crippen LogP contribution is -2.15. The Bertz CT molecular complexity index is 622. The van der Waals surface area contributed by atoms with Crippen LogP contribution in [0.2, 0.25) is 5.02 Å². The normalized spacial score (nSPS) is 14.2. The molecule has 1 fully saturated rings. The minimum Gasteiger partial charge on any atom is -0.457 e. The van der Waals surface area contributed by atoms with Crippen LogP contribution in [0.1, 0.15) is 30.9 Å². The van der Waals surface area contributed by atoms with Gasteiger partial charge in [0.2, 0.25) is 0 Å². The molecule has 1 aliphatic rings. The smallest absolute Gasteiger partial charge is 0.132 e. The molecular weight excluding hydrogens is 282 g/mol. The highest BCUT2D eigenvalue weighted by Crippen LogP contribution is 2.31. The Morgan fingerprint density at radius 1 is 1.10 bits per heavy atom. The molecule has 2 aromatic rings. The fourth-order valence-corrected chi connectivity index (χ4v) is 2.54. The first-order chi connectivity index (χ1) is 10.3. The van der Waals surface area contributed by atoms with Gasteiger partial charge in [-0.05, 0) is 49.1 Å². The lowest BCUT2D eigenvalue weighted by molar-refractivity contribution is 0.467. The Labute approximate surface area is 131 Å². The third-order valence-electron chi connectivity index (χ3n) is 3.75. The zero-order chi connectivity index (χ0) is 14.7. The summed E-state index contributed by atoms with van der Waals surface area (Å²) < 4.78 is 6.14. The van der Waals surface area contributed by atoms with Crippen molar-refractivity contribution in [1.29, 1.82) is 0 Å². The highest BCUT2D eigenvalue weighted by Gasteiger charge is 2.20. The summed E-state index contributed by atoms with van der Waals surface area (Å²) in [5.74, 6) is 1.81. The standard InChI is InChI=1S/C18H20ClNO/c1-2-13-5-3-4-6-17(13)21-18-10-7-15(19)11-14(18)12-20-16-8-9-16/h3-7,10-11,16,20H,2,8-9,12H2,1H3. The molecule has 3 rings (SSSR count). The Hall–Kier alpha value is -1.51. The summed E-state index contributed by atoms with van der Waals surface area (Å²) >= 11 is 6.13. The van der Waals surface area contributed by atoms with Gasteiger partial charge in [-0.3, -0.25) is 0 Å². The number of benzene rings is 2. The predicted octanol–water partition coefficient (Wildman–Crippen LogP) is 4.95. The SMILES string of the molecule is CCc1ccccc1Oc1ccc(Cl)cc1CNC1CC1. The highest BCUT2D eigenvalue weighted by molar-refractivity contribution is 6.30. The van der Waals surface area contributed by atoms with Gasteiger partial charge in [-0.15, -0.1) is 0 Å². The fraction of sp³-hybridized carbons (Fsp3) is 0.333. The van der Waals surface area contributed by atoms with Gasteiger partial charge in [-0.25, -0.2) is 0 Å².